The summed E-state index contributed by atoms with van der Waals surface area (Å²) in [6.07, 6.45) is -2.31. The molecule has 182 valence electrons. The number of halogens is 4. The summed E-state index contributed by atoms with van der Waals surface area (Å²) >= 11 is 5.91. The molecule has 0 aliphatic carbocycles. The third kappa shape index (κ3) is 6.10. The summed E-state index contributed by atoms with van der Waals surface area (Å²) in [6, 6.07) is 14.4. The lowest BCUT2D eigenvalue weighted by molar-refractivity contribution is -0.137. The molecule has 1 aliphatic rings. The van der Waals surface area contributed by atoms with Crippen LogP contribution in [0.4, 0.5) is 24.7 Å². The van der Waals surface area contributed by atoms with Crippen LogP contribution in [0, 0.1) is 0 Å². The first-order valence-electron chi connectivity index (χ1n) is 11.0. The van der Waals surface area contributed by atoms with Crippen LogP contribution in [0.5, 0.6) is 0 Å². The molecule has 2 amide bonds. The molecule has 1 saturated heterocycles. The number of carbonyl (C=O) groups excluding carboxylic acids is 2. The Kier molecular flexibility index (Phi) is 7.25. The molecule has 0 spiro atoms. The van der Waals surface area contributed by atoms with Crippen molar-refractivity contribution in [1.82, 2.24) is 9.88 Å². The Bertz CT molecular complexity index is 1200. The largest absolute Gasteiger partial charge is 0.416 e. The van der Waals surface area contributed by atoms with Gasteiger partial charge in [-0.3, -0.25) is 9.59 Å². The number of hydrogen-bond acceptors (Lipinski definition) is 4. The normalized spacial score (nSPS) is 14.4. The Balaban J connectivity index is 1.37. The van der Waals surface area contributed by atoms with Crippen LogP contribution < -0.4 is 10.2 Å². The number of carbonyl (C=O) groups is 2. The van der Waals surface area contributed by atoms with Gasteiger partial charge in [-0.15, -0.1) is 0 Å². The Morgan fingerprint density at radius 1 is 0.914 bits per heavy atom. The van der Waals surface area contributed by atoms with Gasteiger partial charge in [0, 0.05) is 42.3 Å². The number of anilines is 2. The van der Waals surface area contributed by atoms with Crippen LogP contribution >= 0.6 is 11.6 Å². The van der Waals surface area contributed by atoms with Crippen LogP contribution in [-0.4, -0.2) is 47.9 Å². The molecular weight excluding hydrogens is 481 g/mol. The molecule has 1 N–H and O–H groups in total. The lowest BCUT2D eigenvalue weighted by atomic mass is 10.1. The SMILES string of the molecule is O=C(Nc1ccc(N2CCCN(C(=O)c3ccc(Cl)cc3)CC2)nc1)c1cccc(C(F)(F)F)c1. The van der Waals surface area contributed by atoms with Crippen molar-refractivity contribution < 1.29 is 22.8 Å². The van der Waals surface area contributed by atoms with Gasteiger partial charge in [0.05, 0.1) is 17.4 Å². The van der Waals surface area contributed by atoms with Crippen LogP contribution in [0.3, 0.4) is 0 Å². The van der Waals surface area contributed by atoms with Gasteiger partial charge < -0.3 is 15.1 Å². The number of rotatable bonds is 4. The van der Waals surface area contributed by atoms with Crippen molar-refractivity contribution in [3.63, 3.8) is 0 Å². The predicted octanol–water partition coefficient (Wildman–Crippen LogP) is 5.36. The third-order valence-electron chi connectivity index (χ3n) is 5.66. The minimum absolute atomic E-state index is 0.0517. The summed E-state index contributed by atoms with van der Waals surface area (Å²) in [4.78, 5) is 33.4. The molecule has 35 heavy (non-hydrogen) atoms. The van der Waals surface area contributed by atoms with E-state index < -0.39 is 17.6 Å². The lowest BCUT2D eigenvalue weighted by Gasteiger charge is -2.23. The maximum absolute atomic E-state index is 12.9. The Morgan fingerprint density at radius 3 is 2.37 bits per heavy atom. The van der Waals surface area contributed by atoms with Crippen LogP contribution in [-0.2, 0) is 6.18 Å². The smallest absolute Gasteiger partial charge is 0.355 e. The predicted molar refractivity (Wildman–Crippen MR) is 128 cm³/mol. The molecule has 2 aromatic carbocycles. The quantitative estimate of drug-likeness (QED) is 0.522. The molecule has 2 heterocycles. The second kappa shape index (κ2) is 10.4. The van der Waals surface area contributed by atoms with Crippen molar-refractivity contribution in [2.24, 2.45) is 0 Å². The summed E-state index contributed by atoms with van der Waals surface area (Å²) in [5, 5.41) is 3.15. The summed E-state index contributed by atoms with van der Waals surface area (Å²) in [5.41, 5.74) is -0.0300. The van der Waals surface area contributed by atoms with E-state index >= 15 is 0 Å². The topological polar surface area (TPSA) is 65.5 Å². The molecule has 3 aromatic rings. The second-order valence-corrected chi connectivity index (χ2v) is 8.51. The maximum atomic E-state index is 12.9. The third-order valence-corrected chi connectivity index (χ3v) is 5.91. The summed E-state index contributed by atoms with van der Waals surface area (Å²) in [7, 11) is 0. The standard InChI is InChI=1S/C25H22ClF3N4O2/c26-20-7-5-17(6-8-20)24(35)33-12-2-11-32(13-14-33)22-10-9-21(16-30-22)31-23(34)18-3-1-4-19(15-18)25(27,28)29/h1,3-10,15-16H,2,11-14H2,(H,31,34). The fourth-order valence-corrected chi connectivity index (χ4v) is 3.94. The molecule has 0 atom stereocenters. The summed E-state index contributed by atoms with van der Waals surface area (Å²) in [5.74, 6) is -0.0243. The van der Waals surface area contributed by atoms with Crippen molar-refractivity contribution in [1.29, 1.82) is 0 Å². The average Bonchev–Trinajstić information content (AvgIpc) is 3.10. The first kappa shape index (κ1) is 24.5. The van der Waals surface area contributed by atoms with Gasteiger partial charge in [0.1, 0.15) is 5.82 Å². The van der Waals surface area contributed by atoms with E-state index in [4.69, 9.17) is 11.6 Å². The second-order valence-electron chi connectivity index (χ2n) is 8.08. The van der Waals surface area contributed by atoms with Gasteiger partial charge in [-0.1, -0.05) is 17.7 Å². The van der Waals surface area contributed by atoms with E-state index in [2.05, 4.69) is 10.3 Å². The first-order valence-corrected chi connectivity index (χ1v) is 11.3. The summed E-state index contributed by atoms with van der Waals surface area (Å²) < 4.78 is 38.7. The van der Waals surface area contributed by atoms with Gasteiger partial charge in [-0.25, -0.2) is 4.98 Å². The minimum atomic E-state index is -4.53. The monoisotopic (exact) mass is 502 g/mol. The number of alkyl halides is 3. The zero-order valence-electron chi connectivity index (χ0n) is 18.6. The van der Waals surface area contributed by atoms with E-state index in [0.717, 1.165) is 18.6 Å². The molecule has 0 unspecified atom stereocenters. The fourth-order valence-electron chi connectivity index (χ4n) is 3.81. The van der Waals surface area contributed by atoms with Crippen molar-refractivity contribution in [3.05, 3.63) is 88.6 Å². The number of pyridine rings is 1. The average molecular weight is 503 g/mol. The number of aromatic nitrogens is 1. The molecule has 0 saturated carbocycles. The molecule has 10 heteroatoms. The summed E-state index contributed by atoms with van der Waals surface area (Å²) in [6.45, 7) is 2.43. The van der Waals surface area contributed by atoms with Crippen molar-refractivity contribution in [3.8, 4) is 0 Å². The highest BCUT2D eigenvalue weighted by Gasteiger charge is 2.31. The molecule has 1 aliphatic heterocycles. The number of nitrogens with one attached hydrogen (secondary N) is 1. The van der Waals surface area contributed by atoms with Gasteiger partial charge in [0.2, 0.25) is 0 Å². The first-order chi connectivity index (χ1) is 16.7. The number of nitrogens with zero attached hydrogens (tertiary/aromatic N) is 3. The van der Waals surface area contributed by atoms with Gasteiger partial charge >= 0.3 is 6.18 Å². The number of hydrogen-bond donors (Lipinski definition) is 1. The van der Waals surface area contributed by atoms with Crippen LogP contribution in [0.15, 0.2) is 66.9 Å². The van der Waals surface area contributed by atoms with Crippen molar-refractivity contribution in [2.45, 2.75) is 12.6 Å². The number of benzene rings is 2. The van der Waals surface area contributed by atoms with E-state index in [-0.39, 0.29) is 11.5 Å². The van der Waals surface area contributed by atoms with Gasteiger partial charge in [0.25, 0.3) is 11.8 Å². The van der Waals surface area contributed by atoms with E-state index in [1.807, 2.05) is 4.90 Å². The van der Waals surface area contributed by atoms with E-state index in [9.17, 15) is 22.8 Å². The molecule has 1 fully saturated rings. The molecule has 0 radical (unpaired) electrons. The molecule has 0 bridgehead atoms. The molecular formula is C25H22ClF3N4O2. The molecule has 6 nitrogen and oxygen atoms in total. The van der Waals surface area contributed by atoms with Gasteiger partial charge in [-0.05, 0) is 61.0 Å². The maximum Gasteiger partial charge on any atom is 0.416 e. The van der Waals surface area contributed by atoms with E-state index in [1.54, 1.807) is 41.3 Å². The van der Waals surface area contributed by atoms with Crippen LogP contribution in [0.2, 0.25) is 5.02 Å². The Hall–Kier alpha value is -3.59. The number of amides is 2. The highest BCUT2D eigenvalue weighted by Crippen LogP contribution is 2.29. The van der Waals surface area contributed by atoms with E-state index in [0.29, 0.717) is 48.3 Å². The Morgan fingerprint density at radius 2 is 1.69 bits per heavy atom. The highest BCUT2D eigenvalue weighted by molar-refractivity contribution is 6.30. The highest BCUT2D eigenvalue weighted by atomic mass is 35.5. The van der Waals surface area contributed by atoms with Crippen molar-refractivity contribution in [2.75, 3.05) is 36.4 Å². The van der Waals surface area contributed by atoms with Crippen LogP contribution in [0.25, 0.3) is 0 Å². The van der Waals surface area contributed by atoms with Gasteiger partial charge in [0.15, 0.2) is 0 Å². The van der Waals surface area contributed by atoms with Gasteiger partial charge in [-0.2, -0.15) is 13.2 Å². The molecule has 4 rings (SSSR count). The molecule has 1 aromatic heterocycles. The minimum Gasteiger partial charge on any atom is -0.355 e. The zero-order chi connectivity index (χ0) is 25.0. The Labute approximate surface area is 205 Å². The van der Waals surface area contributed by atoms with E-state index in [1.165, 1.54) is 18.3 Å². The lowest BCUT2D eigenvalue weighted by Crippen LogP contribution is -2.35. The van der Waals surface area contributed by atoms with Crippen LogP contribution in [0.1, 0.15) is 32.7 Å². The fraction of sp³-hybridized carbons (Fsp3) is 0.240. The van der Waals surface area contributed by atoms with Crippen molar-refractivity contribution >= 4 is 34.9 Å². The zero-order valence-corrected chi connectivity index (χ0v) is 19.3.